The number of rotatable bonds is 2. The monoisotopic (exact) mass is 217 g/mol. The average Bonchev–Trinajstić information content (AvgIpc) is 2.29. The van der Waals surface area contributed by atoms with Crippen molar-refractivity contribution in [2.24, 2.45) is 0 Å². The van der Waals surface area contributed by atoms with Crippen LogP contribution in [0.25, 0.3) is 11.1 Å². The smallest absolute Gasteiger partial charge is 0.202 e. The van der Waals surface area contributed by atoms with Gasteiger partial charge in [-0.2, -0.15) is 0 Å². The van der Waals surface area contributed by atoms with Gasteiger partial charge in [-0.15, -0.1) is 0 Å². The Morgan fingerprint density at radius 2 is 1.69 bits per heavy atom. The minimum absolute atomic E-state index is 0.0344. The second-order valence-corrected chi connectivity index (χ2v) is 3.74. The molecule has 0 amide bonds. The molecule has 0 atom stereocenters. The van der Waals surface area contributed by atoms with Crippen molar-refractivity contribution >= 4 is 0 Å². The molecule has 1 radical (unpaired) electrons. The van der Waals surface area contributed by atoms with Crippen LogP contribution in [0.1, 0.15) is 12.5 Å². The summed E-state index contributed by atoms with van der Waals surface area (Å²) in [5.74, 6) is -2.78. The summed E-state index contributed by atoms with van der Waals surface area (Å²) in [7, 11) is 0. The fourth-order valence-corrected chi connectivity index (χ4v) is 1.52. The van der Waals surface area contributed by atoms with Gasteiger partial charge in [-0.25, -0.2) is 8.78 Å². The Balaban J connectivity index is 2.34. The van der Waals surface area contributed by atoms with Crippen LogP contribution in [0.2, 0.25) is 0 Å². The first-order valence-corrected chi connectivity index (χ1v) is 5.03. The molecule has 0 saturated carbocycles. The highest BCUT2D eigenvalue weighted by Crippen LogP contribution is 2.28. The Labute approximate surface area is 93.5 Å². The van der Waals surface area contributed by atoms with E-state index in [1.54, 1.807) is 18.2 Å². The topological polar surface area (TPSA) is 0 Å². The van der Waals surface area contributed by atoms with E-state index in [0.717, 1.165) is 18.1 Å². The Kier molecular flexibility index (Phi) is 2.73. The van der Waals surface area contributed by atoms with E-state index in [1.165, 1.54) is 12.1 Å². The number of hydrogen-bond acceptors (Lipinski definition) is 0. The third-order valence-electron chi connectivity index (χ3n) is 2.41. The van der Waals surface area contributed by atoms with Crippen LogP contribution in [0.5, 0.6) is 0 Å². The largest absolute Gasteiger partial charge is 0.270 e. The van der Waals surface area contributed by atoms with E-state index in [9.17, 15) is 8.78 Å². The molecule has 16 heavy (non-hydrogen) atoms. The lowest BCUT2D eigenvalue weighted by Gasteiger charge is -2.10. The van der Waals surface area contributed by atoms with Gasteiger partial charge in [-0.3, -0.25) is 0 Å². The van der Waals surface area contributed by atoms with Crippen LogP contribution in [0.15, 0.2) is 48.5 Å². The maximum Gasteiger partial charge on any atom is 0.270 e. The molecule has 2 rings (SSSR count). The average molecular weight is 217 g/mol. The van der Waals surface area contributed by atoms with Gasteiger partial charge in [0.1, 0.15) is 0 Å². The van der Waals surface area contributed by atoms with E-state index < -0.39 is 5.92 Å². The van der Waals surface area contributed by atoms with Gasteiger partial charge in [-0.1, -0.05) is 48.5 Å². The van der Waals surface area contributed by atoms with Gasteiger partial charge in [0.05, 0.1) is 0 Å². The van der Waals surface area contributed by atoms with Gasteiger partial charge >= 0.3 is 0 Å². The van der Waals surface area contributed by atoms with E-state index in [2.05, 4.69) is 6.07 Å². The first-order chi connectivity index (χ1) is 7.57. The highest BCUT2D eigenvalue weighted by molar-refractivity contribution is 5.62. The summed E-state index contributed by atoms with van der Waals surface area (Å²) in [5, 5.41) is 0. The van der Waals surface area contributed by atoms with Crippen molar-refractivity contribution in [3.05, 3.63) is 60.2 Å². The van der Waals surface area contributed by atoms with Gasteiger partial charge in [0.25, 0.3) is 5.92 Å². The van der Waals surface area contributed by atoms with Crippen molar-refractivity contribution in [3.8, 4) is 11.1 Å². The lowest BCUT2D eigenvalue weighted by Crippen LogP contribution is -2.06. The van der Waals surface area contributed by atoms with E-state index in [-0.39, 0.29) is 5.56 Å². The van der Waals surface area contributed by atoms with Crippen molar-refractivity contribution < 1.29 is 8.78 Å². The molecule has 0 aliphatic rings. The second kappa shape index (κ2) is 4.05. The maximum absolute atomic E-state index is 13.0. The molecule has 0 bridgehead atoms. The van der Waals surface area contributed by atoms with E-state index in [0.29, 0.717) is 0 Å². The molecule has 0 aliphatic heterocycles. The zero-order valence-electron chi connectivity index (χ0n) is 8.87. The van der Waals surface area contributed by atoms with Crippen molar-refractivity contribution in [3.63, 3.8) is 0 Å². The van der Waals surface area contributed by atoms with Crippen LogP contribution in [-0.4, -0.2) is 0 Å². The minimum Gasteiger partial charge on any atom is -0.202 e. The third kappa shape index (κ3) is 2.27. The van der Waals surface area contributed by atoms with Crippen molar-refractivity contribution in [2.45, 2.75) is 12.8 Å². The first kappa shape index (κ1) is 10.8. The molecule has 2 aromatic carbocycles. The zero-order valence-corrected chi connectivity index (χ0v) is 8.87. The molecule has 0 spiro atoms. The number of benzene rings is 2. The fraction of sp³-hybridized carbons (Fsp3) is 0.143. The Morgan fingerprint density at radius 3 is 2.19 bits per heavy atom. The zero-order chi connectivity index (χ0) is 11.6. The molecule has 0 N–H and O–H groups in total. The number of alkyl halides is 2. The molecule has 0 unspecified atom stereocenters. The molecule has 81 valence electrons. The predicted molar refractivity (Wildman–Crippen MR) is 60.3 cm³/mol. The normalized spacial score (nSPS) is 11.4. The van der Waals surface area contributed by atoms with Crippen LogP contribution in [-0.2, 0) is 5.92 Å². The van der Waals surface area contributed by atoms with Crippen LogP contribution in [0, 0.1) is 6.07 Å². The molecule has 0 fully saturated rings. The predicted octanol–water partition coefficient (Wildman–Crippen LogP) is 4.27. The van der Waals surface area contributed by atoms with Gasteiger partial charge in [0.2, 0.25) is 0 Å². The first-order valence-electron chi connectivity index (χ1n) is 5.03. The summed E-state index contributed by atoms with van der Waals surface area (Å²) in [5.41, 5.74) is 1.84. The molecular formula is C14H11F2. The second-order valence-electron chi connectivity index (χ2n) is 3.74. The lowest BCUT2D eigenvalue weighted by molar-refractivity contribution is 0.0175. The highest BCUT2D eigenvalue weighted by atomic mass is 19.3. The van der Waals surface area contributed by atoms with Crippen LogP contribution in [0.4, 0.5) is 8.78 Å². The highest BCUT2D eigenvalue weighted by Gasteiger charge is 2.23. The van der Waals surface area contributed by atoms with E-state index >= 15 is 0 Å². The minimum atomic E-state index is -2.78. The molecular weight excluding hydrogens is 206 g/mol. The van der Waals surface area contributed by atoms with Crippen LogP contribution < -0.4 is 0 Å². The molecule has 0 aromatic heterocycles. The standard InChI is InChI=1S/C14H11F2/c1-14(15,16)13-9-7-12(8-10-13)11-5-3-2-4-6-11/h2-5,7-10H,1H3. The van der Waals surface area contributed by atoms with E-state index in [4.69, 9.17) is 0 Å². The summed E-state index contributed by atoms with van der Waals surface area (Å²) in [6.07, 6.45) is 0. The summed E-state index contributed by atoms with van der Waals surface area (Å²) < 4.78 is 26.0. The number of halogens is 2. The SMILES string of the molecule is CC(F)(F)c1ccc(-c2[c]cccc2)cc1. The lowest BCUT2D eigenvalue weighted by atomic mass is 10.0. The Bertz CT molecular complexity index is 452. The quantitative estimate of drug-likeness (QED) is 0.704. The van der Waals surface area contributed by atoms with Crippen molar-refractivity contribution in [2.75, 3.05) is 0 Å². The molecule has 0 saturated heterocycles. The van der Waals surface area contributed by atoms with Gasteiger partial charge in [0.15, 0.2) is 0 Å². The van der Waals surface area contributed by atoms with Crippen molar-refractivity contribution in [1.29, 1.82) is 0 Å². The Morgan fingerprint density at radius 1 is 1.00 bits per heavy atom. The fourth-order valence-electron chi connectivity index (χ4n) is 1.52. The van der Waals surface area contributed by atoms with E-state index in [1.807, 2.05) is 18.2 Å². The summed E-state index contributed by atoms with van der Waals surface area (Å²) in [6.45, 7) is 0.899. The molecule has 0 aliphatic carbocycles. The van der Waals surface area contributed by atoms with Gasteiger partial charge in [-0.05, 0) is 17.2 Å². The van der Waals surface area contributed by atoms with Crippen LogP contribution >= 0.6 is 0 Å². The Hall–Kier alpha value is -1.70. The van der Waals surface area contributed by atoms with Gasteiger partial charge < -0.3 is 0 Å². The summed E-state index contributed by atoms with van der Waals surface area (Å²) in [6, 6.07) is 16.8. The molecule has 0 heterocycles. The third-order valence-corrected chi connectivity index (χ3v) is 2.41. The molecule has 2 aromatic rings. The van der Waals surface area contributed by atoms with Crippen molar-refractivity contribution in [1.82, 2.24) is 0 Å². The molecule has 0 nitrogen and oxygen atoms in total. The van der Waals surface area contributed by atoms with Gasteiger partial charge in [0, 0.05) is 12.5 Å². The summed E-state index contributed by atoms with van der Waals surface area (Å²) >= 11 is 0. The molecule has 2 heteroatoms. The number of hydrogen-bond donors (Lipinski definition) is 0. The van der Waals surface area contributed by atoms with Crippen LogP contribution in [0.3, 0.4) is 0 Å². The summed E-state index contributed by atoms with van der Waals surface area (Å²) in [4.78, 5) is 0. The maximum atomic E-state index is 13.0.